The molecule has 1 aliphatic heterocycles. The summed E-state index contributed by atoms with van der Waals surface area (Å²) in [5.74, 6) is -6.38. The number of anilines is 1. The van der Waals surface area contributed by atoms with Gasteiger partial charge in [-0.2, -0.15) is 22.5 Å². The van der Waals surface area contributed by atoms with Crippen molar-refractivity contribution in [2.45, 2.75) is 0 Å². The normalized spacial score (nSPS) is 14.4. The van der Waals surface area contributed by atoms with Gasteiger partial charge in [0.2, 0.25) is 11.6 Å². The molecular weight excluding hydrogens is 390 g/mol. The van der Waals surface area contributed by atoms with Crippen molar-refractivity contribution in [2.24, 2.45) is 0 Å². The van der Waals surface area contributed by atoms with E-state index >= 15 is 0 Å². The third kappa shape index (κ3) is 4.24. The van der Waals surface area contributed by atoms with E-state index in [1.54, 1.807) is 24.3 Å². The van der Waals surface area contributed by atoms with Crippen LogP contribution < -0.4 is 9.64 Å². The Balaban J connectivity index is 1.59. The second kappa shape index (κ2) is 7.99. The maximum absolute atomic E-state index is 13.8. The lowest BCUT2D eigenvalue weighted by molar-refractivity contribution is -0.133. The number of hydrogen-bond acceptors (Lipinski definition) is 4. The molecule has 0 unspecified atom stereocenters. The monoisotopic (exact) mass is 403 g/mol. The van der Waals surface area contributed by atoms with Gasteiger partial charge in [0.15, 0.2) is 6.61 Å². The minimum atomic E-state index is -1.71. The first-order chi connectivity index (χ1) is 12.9. The smallest absolute Gasteiger partial charge is 0.260 e. The highest BCUT2D eigenvalue weighted by atomic mass is 35.5. The molecule has 1 fully saturated rings. The Morgan fingerprint density at radius 2 is 1.56 bits per heavy atom. The maximum Gasteiger partial charge on any atom is 0.260 e. The molecule has 0 saturated carbocycles. The number of carbonyl (C=O) groups excluding carboxylic acids is 1. The van der Waals surface area contributed by atoms with E-state index in [2.05, 4.69) is 4.98 Å². The summed E-state index contributed by atoms with van der Waals surface area (Å²) in [5.41, 5.74) is -0.815. The van der Waals surface area contributed by atoms with Gasteiger partial charge in [0.25, 0.3) is 17.8 Å². The molecule has 0 radical (unpaired) electrons. The van der Waals surface area contributed by atoms with Crippen LogP contribution in [0.5, 0.6) is 5.75 Å². The van der Waals surface area contributed by atoms with Crippen LogP contribution in [0.1, 0.15) is 0 Å². The van der Waals surface area contributed by atoms with Crippen LogP contribution in [0.15, 0.2) is 24.3 Å². The molecule has 0 aliphatic carbocycles. The minimum absolute atomic E-state index is 0.00339. The van der Waals surface area contributed by atoms with Crippen molar-refractivity contribution >= 4 is 23.2 Å². The number of ether oxygens (including phenoxy) is 1. The average Bonchev–Trinajstić information content (AvgIpc) is 2.66. The predicted molar refractivity (Wildman–Crippen MR) is 89.8 cm³/mol. The van der Waals surface area contributed by atoms with E-state index in [4.69, 9.17) is 16.3 Å². The number of rotatable bonds is 4. The summed E-state index contributed by atoms with van der Waals surface area (Å²) in [6.45, 7) is 0.0240. The molecule has 1 aromatic carbocycles. The van der Waals surface area contributed by atoms with Crippen molar-refractivity contribution in [3.63, 3.8) is 0 Å². The number of benzene rings is 1. The number of amides is 1. The second-order valence-corrected chi connectivity index (χ2v) is 6.22. The number of aromatic nitrogens is 1. The first-order valence-electron chi connectivity index (χ1n) is 7.98. The van der Waals surface area contributed by atoms with Crippen molar-refractivity contribution < 1.29 is 27.1 Å². The maximum atomic E-state index is 13.8. The third-order valence-electron chi connectivity index (χ3n) is 4.10. The zero-order valence-electron chi connectivity index (χ0n) is 13.9. The Morgan fingerprint density at radius 1 is 1.00 bits per heavy atom. The molecule has 2 aromatic rings. The second-order valence-electron chi connectivity index (χ2n) is 5.78. The standard InChI is InChI=1S/C17H14ClF4N3O2/c18-10-1-3-11(4-2-10)27-9-12(26)24-5-7-25(8-6-24)15-13(19)16(21)23-17(22)14(15)20/h1-4H,5-9H2. The van der Waals surface area contributed by atoms with Gasteiger partial charge >= 0.3 is 0 Å². The van der Waals surface area contributed by atoms with Gasteiger partial charge in [-0.15, -0.1) is 0 Å². The van der Waals surface area contributed by atoms with Crippen molar-refractivity contribution in [1.82, 2.24) is 9.88 Å². The van der Waals surface area contributed by atoms with E-state index in [1.165, 1.54) is 4.90 Å². The SMILES string of the molecule is O=C(COc1ccc(Cl)cc1)N1CCN(c2c(F)c(F)nc(F)c2F)CC1. The molecule has 1 amide bonds. The van der Waals surface area contributed by atoms with Crippen LogP contribution in [0.3, 0.4) is 0 Å². The summed E-state index contributed by atoms with van der Waals surface area (Å²) in [7, 11) is 0. The fourth-order valence-electron chi connectivity index (χ4n) is 2.70. The van der Waals surface area contributed by atoms with Crippen molar-refractivity contribution in [1.29, 1.82) is 0 Å². The topological polar surface area (TPSA) is 45.7 Å². The number of pyridine rings is 1. The van der Waals surface area contributed by atoms with E-state index in [0.717, 1.165) is 4.90 Å². The summed E-state index contributed by atoms with van der Waals surface area (Å²) in [4.78, 5) is 17.3. The quantitative estimate of drug-likeness (QED) is 0.581. The van der Waals surface area contributed by atoms with Gasteiger partial charge < -0.3 is 14.5 Å². The fraction of sp³-hybridized carbons (Fsp3) is 0.294. The summed E-state index contributed by atoms with van der Waals surface area (Å²) in [6, 6.07) is 6.48. The number of nitrogens with zero attached hydrogens (tertiary/aromatic N) is 3. The van der Waals surface area contributed by atoms with Crippen LogP contribution in [0.25, 0.3) is 0 Å². The molecule has 1 saturated heterocycles. The molecule has 27 heavy (non-hydrogen) atoms. The van der Waals surface area contributed by atoms with Crippen LogP contribution in [-0.2, 0) is 4.79 Å². The van der Waals surface area contributed by atoms with Gasteiger partial charge in [-0.25, -0.2) is 0 Å². The lowest BCUT2D eigenvalue weighted by atomic mass is 10.2. The van der Waals surface area contributed by atoms with Gasteiger partial charge in [0, 0.05) is 31.2 Å². The van der Waals surface area contributed by atoms with Crippen LogP contribution in [-0.4, -0.2) is 48.6 Å². The number of piperazine rings is 1. The zero-order chi connectivity index (χ0) is 19.6. The highest BCUT2D eigenvalue weighted by Crippen LogP contribution is 2.27. The van der Waals surface area contributed by atoms with Crippen LogP contribution >= 0.6 is 11.6 Å². The summed E-state index contributed by atoms with van der Waals surface area (Å²) >= 11 is 5.76. The first kappa shape index (κ1) is 19.2. The van der Waals surface area contributed by atoms with Gasteiger partial charge in [-0.1, -0.05) is 11.6 Å². The van der Waals surface area contributed by atoms with Crippen LogP contribution in [0.2, 0.25) is 5.02 Å². The van der Waals surface area contributed by atoms with Crippen molar-refractivity contribution in [3.8, 4) is 5.75 Å². The van der Waals surface area contributed by atoms with E-state index in [1.807, 2.05) is 0 Å². The molecule has 1 aromatic heterocycles. The van der Waals surface area contributed by atoms with Crippen molar-refractivity contribution in [3.05, 3.63) is 52.8 Å². The van der Waals surface area contributed by atoms with E-state index in [-0.39, 0.29) is 38.7 Å². The molecule has 0 bridgehead atoms. The van der Waals surface area contributed by atoms with Gasteiger partial charge in [-0.3, -0.25) is 4.79 Å². The molecule has 144 valence electrons. The molecular formula is C17H14ClF4N3O2. The molecule has 10 heteroatoms. The highest BCUT2D eigenvalue weighted by Gasteiger charge is 2.29. The Morgan fingerprint density at radius 3 is 2.11 bits per heavy atom. The Hall–Kier alpha value is -2.55. The van der Waals surface area contributed by atoms with E-state index in [0.29, 0.717) is 10.8 Å². The summed E-state index contributed by atoms with van der Waals surface area (Å²) in [6.07, 6.45) is 0. The largest absolute Gasteiger partial charge is 0.484 e. The summed E-state index contributed by atoms with van der Waals surface area (Å²) in [5, 5.41) is 0.535. The number of halogens is 5. The lowest BCUT2D eigenvalue weighted by Crippen LogP contribution is -2.50. The van der Waals surface area contributed by atoms with Crippen molar-refractivity contribution in [2.75, 3.05) is 37.7 Å². The number of carbonyl (C=O) groups is 1. The van der Waals surface area contributed by atoms with Gasteiger partial charge in [0.1, 0.15) is 11.4 Å². The number of hydrogen-bond donors (Lipinski definition) is 0. The molecule has 3 rings (SSSR count). The Labute approximate surface area is 157 Å². The minimum Gasteiger partial charge on any atom is -0.484 e. The molecule has 5 nitrogen and oxygen atoms in total. The Bertz CT molecular complexity index is 817. The van der Waals surface area contributed by atoms with Crippen LogP contribution in [0.4, 0.5) is 23.2 Å². The zero-order valence-corrected chi connectivity index (χ0v) is 14.6. The lowest BCUT2D eigenvalue weighted by Gasteiger charge is -2.36. The predicted octanol–water partition coefficient (Wildman–Crippen LogP) is 3.02. The van der Waals surface area contributed by atoms with Crippen LogP contribution in [0, 0.1) is 23.5 Å². The third-order valence-corrected chi connectivity index (χ3v) is 4.35. The molecule has 1 aliphatic rings. The Kier molecular flexibility index (Phi) is 5.69. The highest BCUT2D eigenvalue weighted by molar-refractivity contribution is 6.30. The fourth-order valence-corrected chi connectivity index (χ4v) is 2.83. The molecule has 0 spiro atoms. The van der Waals surface area contributed by atoms with E-state index < -0.39 is 29.2 Å². The van der Waals surface area contributed by atoms with Gasteiger partial charge in [0.05, 0.1) is 0 Å². The summed E-state index contributed by atoms with van der Waals surface area (Å²) < 4.78 is 59.5. The molecule has 0 atom stereocenters. The molecule has 0 N–H and O–H groups in total. The first-order valence-corrected chi connectivity index (χ1v) is 8.35. The van der Waals surface area contributed by atoms with Gasteiger partial charge in [-0.05, 0) is 24.3 Å². The molecule has 2 heterocycles. The van der Waals surface area contributed by atoms with E-state index in [9.17, 15) is 22.4 Å². The average molecular weight is 404 g/mol.